The number of aliphatic hydroxyl groups is 1. The molecule has 164 valence electrons. The standard InChI is InChI=1S/C20H26FN3O6/c1-28-18(26)11-6-8-24(9-7-11)16-17(25)15(14-10-29-19(16)30-14)23-20(27)22-13-4-2-12(21)3-5-13/h2-5,11,14-17,19,25H,6-10H2,1H3,(H2,22,23,27)/t14-,15+,16-,17-,19+/m0/s1. The number of ether oxygens (including phenoxy) is 3. The fraction of sp³-hybridized carbons (Fsp3) is 0.600. The van der Waals surface area contributed by atoms with Gasteiger partial charge in [-0.3, -0.25) is 9.69 Å². The zero-order valence-corrected chi connectivity index (χ0v) is 16.6. The molecule has 10 heteroatoms. The third kappa shape index (κ3) is 4.27. The summed E-state index contributed by atoms with van der Waals surface area (Å²) in [6, 6.07) is 3.74. The van der Waals surface area contributed by atoms with E-state index in [1.54, 1.807) is 0 Å². The minimum atomic E-state index is -0.912. The number of halogens is 1. The minimum Gasteiger partial charge on any atom is -0.469 e. The van der Waals surface area contributed by atoms with Crippen molar-refractivity contribution in [3.8, 4) is 0 Å². The number of methoxy groups -OCH3 is 1. The predicted octanol–water partition coefficient (Wildman–Crippen LogP) is 0.685. The van der Waals surface area contributed by atoms with Crippen LogP contribution in [0.5, 0.6) is 0 Å². The normalized spacial score (nSPS) is 31.9. The number of carbonyl (C=O) groups excluding carboxylic acids is 2. The summed E-state index contributed by atoms with van der Waals surface area (Å²) >= 11 is 0. The zero-order chi connectivity index (χ0) is 21.3. The highest BCUT2D eigenvalue weighted by Gasteiger charge is 2.53. The number of carbonyl (C=O) groups is 2. The van der Waals surface area contributed by atoms with Crippen LogP contribution >= 0.6 is 0 Å². The topological polar surface area (TPSA) is 109 Å². The molecule has 3 fully saturated rings. The van der Waals surface area contributed by atoms with Crippen LogP contribution in [0.15, 0.2) is 24.3 Å². The number of urea groups is 1. The maximum Gasteiger partial charge on any atom is 0.319 e. The van der Waals surface area contributed by atoms with Crippen LogP contribution in [-0.2, 0) is 19.0 Å². The number of nitrogens with one attached hydrogen (secondary N) is 2. The van der Waals surface area contributed by atoms with Crippen LogP contribution in [0.3, 0.4) is 0 Å². The fourth-order valence-electron chi connectivity index (χ4n) is 4.42. The lowest BCUT2D eigenvalue weighted by Gasteiger charge is -2.45. The zero-order valence-electron chi connectivity index (χ0n) is 16.6. The molecular weight excluding hydrogens is 397 g/mol. The van der Waals surface area contributed by atoms with Gasteiger partial charge in [-0.25, -0.2) is 9.18 Å². The Bertz CT molecular complexity index is 770. The number of piperidine rings is 1. The van der Waals surface area contributed by atoms with Crippen molar-refractivity contribution in [3.63, 3.8) is 0 Å². The van der Waals surface area contributed by atoms with Gasteiger partial charge in [-0.05, 0) is 50.2 Å². The van der Waals surface area contributed by atoms with Gasteiger partial charge in [0.05, 0.1) is 37.8 Å². The average molecular weight is 423 g/mol. The average Bonchev–Trinajstić information content (AvgIpc) is 3.18. The summed E-state index contributed by atoms with van der Waals surface area (Å²) in [5, 5.41) is 16.4. The van der Waals surface area contributed by atoms with E-state index in [2.05, 4.69) is 10.6 Å². The van der Waals surface area contributed by atoms with Crippen molar-refractivity contribution in [3.05, 3.63) is 30.1 Å². The van der Waals surface area contributed by atoms with Crippen LogP contribution in [-0.4, -0.2) is 79.4 Å². The largest absolute Gasteiger partial charge is 0.469 e. The molecule has 30 heavy (non-hydrogen) atoms. The maximum absolute atomic E-state index is 13.0. The number of fused-ring (bicyclic) bond motifs is 2. The van der Waals surface area contributed by atoms with Gasteiger partial charge in [0.2, 0.25) is 0 Å². The summed E-state index contributed by atoms with van der Waals surface area (Å²) in [6.45, 7) is 1.44. The first-order valence-electron chi connectivity index (χ1n) is 10.1. The number of esters is 1. The van der Waals surface area contributed by atoms with Crippen molar-refractivity contribution >= 4 is 17.7 Å². The van der Waals surface area contributed by atoms with Gasteiger partial charge in [-0.15, -0.1) is 0 Å². The lowest BCUT2D eigenvalue weighted by Crippen LogP contribution is -2.66. The van der Waals surface area contributed by atoms with E-state index < -0.39 is 42.4 Å². The van der Waals surface area contributed by atoms with E-state index in [-0.39, 0.29) is 18.5 Å². The Morgan fingerprint density at radius 2 is 1.93 bits per heavy atom. The molecule has 0 saturated carbocycles. The van der Waals surface area contributed by atoms with Crippen molar-refractivity contribution < 1.29 is 33.3 Å². The molecule has 1 aromatic rings. The monoisotopic (exact) mass is 423 g/mol. The molecule has 0 aromatic heterocycles. The van der Waals surface area contributed by atoms with Gasteiger partial charge in [0, 0.05) is 5.69 Å². The summed E-state index contributed by atoms with van der Waals surface area (Å²) in [7, 11) is 1.38. The van der Waals surface area contributed by atoms with Crippen molar-refractivity contribution in [1.29, 1.82) is 0 Å². The molecule has 3 saturated heterocycles. The third-order valence-corrected chi connectivity index (χ3v) is 6.02. The first kappa shape index (κ1) is 21.0. The summed E-state index contributed by atoms with van der Waals surface area (Å²) in [6.07, 6.45) is -0.722. The number of nitrogens with zero attached hydrogens (tertiary/aromatic N) is 1. The molecule has 3 heterocycles. The minimum absolute atomic E-state index is 0.152. The van der Waals surface area contributed by atoms with E-state index in [4.69, 9.17) is 14.2 Å². The quantitative estimate of drug-likeness (QED) is 0.611. The third-order valence-electron chi connectivity index (χ3n) is 6.02. The van der Waals surface area contributed by atoms with Gasteiger partial charge in [-0.2, -0.15) is 0 Å². The van der Waals surface area contributed by atoms with E-state index >= 15 is 0 Å². The number of rotatable bonds is 4. The molecule has 1 aromatic carbocycles. The second-order valence-corrected chi connectivity index (χ2v) is 7.82. The van der Waals surface area contributed by atoms with Gasteiger partial charge in [0.25, 0.3) is 0 Å². The molecule has 0 spiro atoms. The van der Waals surface area contributed by atoms with Crippen LogP contribution in [0.25, 0.3) is 0 Å². The fourth-order valence-corrected chi connectivity index (χ4v) is 4.42. The van der Waals surface area contributed by atoms with Gasteiger partial charge >= 0.3 is 12.0 Å². The van der Waals surface area contributed by atoms with Crippen LogP contribution in [0.2, 0.25) is 0 Å². The van der Waals surface area contributed by atoms with Crippen LogP contribution in [0.1, 0.15) is 12.8 Å². The van der Waals surface area contributed by atoms with Crippen LogP contribution in [0.4, 0.5) is 14.9 Å². The molecule has 3 aliphatic rings. The molecule has 5 atom stereocenters. The second-order valence-electron chi connectivity index (χ2n) is 7.82. The molecular formula is C20H26FN3O6. The molecule has 2 amide bonds. The molecule has 3 N–H and O–H groups in total. The Hall–Kier alpha value is -2.27. The highest BCUT2D eigenvalue weighted by molar-refractivity contribution is 5.89. The lowest BCUT2D eigenvalue weighted by atomic mass is 9.91. The van der Waals surface area contributed by atoms with Gasteiger partial charge in [-0.1, -0.05) is 0 Å². The van der Waals surface area contributed by atoms with Crippen LogP contribution < -0.4 is 10.6 Å². The van der Waals surface area contributed by atoms with Gasteiger partial charge in [0.15, 0.2) is 6.29 Å². The first-order chi connectivity index (χ1) is 14.5. The highest BCUT2D eigenvalue weighted by atomic mass is 19.1. The summed E-state index contributed by atoms with van der Waals surface area (Å²) in [4.78, 5) is 26.2. The van der Waals surface area contributed by atoms with E-state index in [1.165, 1.54) is 31.4 Å². The van der Waals surface area contributed by atoms with E-state index in [0.29, 0.717) is 31.6 Å². The Morgan fingerprint density at radius 1 is 1.23 bits per heavy atom. The number of hydrogen-bond donors (Lipinski definition) is 3. The SMILES string of the molecule is COC(=O)C1CCN([C@@H]2[C@@H]3OC[C@H](O3)[C@@H](NC(=O)Nc3ccc(F)cc3)[C@@H]2O)CC1. The molecule has 3 aliphatic heterocycles. The van der Waals surface area contributed by atoms with Crippen molar-refractivity contribution in [1.82, 2.24) is 10.2 Å². The Kier molecular flexibility index (Phi) is 6.19. The lowest BCUT2D eigenvalue weighted by molar-refractivity contribution is -0.185. The predicted molar refractivity (Wildman–Crippen MR) is 103 cm³/mol. The molecule has 2 bridgehead atoms. The van der Waals surface area contributed by atoms with Gasteiger partial charge < -0.3 is 30.0 Å². The highest BCUT2D eigenvalue weighted by Crippen LogP contribution is 2.33. The first-order valence-corrected chi connectivity index (χ1v) is 10.1. The Labute approximate surface area is 173 Å². The summed E-state index contributed by atoms with van der Waals surface area (Å²) in [5.41, 5.74) is 0.432. The summed E-state index contributed by atoms with van der Waals surface area (Å²) in [5.74, 6) is -0.769. The number of benzene rings is 1. The van der Waals surface area contributed by atoms with Crippen molar-refractivity contribution in [2.45, 2.75) is 43.4 Å². The molecule has 0 unspecified atom stereocenters. The maximum atomic E-state index is 13.0. The molecule has 4 rings (SSSR count). The van der Waals surface area contributed by atoms with Crippen molar-refractivity contribution in [2.75, 3.05) is 32.1 Å². The van der Waals surface area contributed by atoms with Crippen molar-refractivity contribution in [2.24, 2.45) is 5.92 Å². The summed E-state index contributed by atoms with van der Waals surface area (Å²) < 4.78 is 29.5. The number of likely N-dealkylation sites (tertiary alicyclic amines) is 1. The number of anilines is 1. The molecule has 0 radical (unpaired) electrons. The van der Waals surface area contributed by atoms with E-state index in [9.17, 15) is 19.1 Å². The Morgan fingerprint density at radius 3 is 2.60 bits per heavy atom. The van der Waals surface area contributed by atoms with Gasteiger partial charge in [0.1, 0.15) is 11.9 Å². The molecule has 0 aliphatic carbocycles. The Balaban J connectivity index is 1.39. The second kappa shape index (κ2) is 8.84. The smallest absolute Gasteiger partial charge is 0.319 e. The molecule has 9 nitrogen and oxygen atoms in total. The number of aliphatic hydroxyl groups excluding tert-OH is 1. The number of hydrogen-bond acceptors (Lipinski definition) is 7. The van der Waals surface area contributed by atoms with E-state index in [0.717, 1.165) is 0 Å². The number of amides is 2. The van der Waals surface area contributed by atoms with E-state index in [1.807, 2.05) is 4.90 Å². The van der Waals surface area contributed by atoms with Crippen LogP contribution in [0, 0.1) is 11.7 Å².